The quantitative estimate of drug-likeness (QED) is 0.822. The Morgan fingerprint density at radius 1 is 1.55 bits per heavy atom. The van der Waals surface area contributed by atoms with Crippen LogP contribution in [0.25, 0.3) is 0 Å². The molecule has 1 heterocycles. The number of benzene rings is 1. The third kappa shape index (κ3) is 4.11. The Morgan fingerprint density at radius 3 is 2.95 bits per heavy atom. The largest absolute Gasteiger partial charge is 0.332 e. The zero-order valence-corrected chi connectivity index (χ0v) is 14.1. The number of amidine groups is 1. The molecule has 0 radical (unpaired) electrons. The highest BCUT2D eigenvalue weighted by Gasteiger charge is 2.28. The van der Waals surface area contributed by atoms with Crippen molar-refractivity contribution in [2.24, 2.45) is 4.99 Å². The first kappa shape index (κ1) is 15.6. The topological polar surface area (TPSA) is 27.6 Å². The fourth-order valence-electron chi connectivity index (χ4n) is 1.86. The predicted molar refractivity (Wildman–Crippen MR) is 94.0 cm³/mol. The van der Waals surface area contributed by atoms with Crippen molar-refractivity contribution in [3.8, 4) is 0 Å². The zero-order valence-electron chi connectivity index (χ0n) is 11.8. The molecule has 1 atom stereocenters. The first-order chi connectivity index (χ1) is 9.45. The molecule has 6 heteroatoms. The van der Waals surface area contributed by atoms with Gasteiger partial charge >= 0.3 is 0 Å². The number of thioether (sulfide) groups is 1. The van der Waals surface area contributed by atoms with E-state index in [-0.39, 0.29) is 6.04 Å². The first-order valence-electron chi connectivity index (χ1n) is 6.54. The Hall–Kier alpha value is -0.780. The van der Waals surface area contributed by atoms with E-state index in [0.717, 1.165) is 17.4 Å². The van der Waals surface area contributed by atoms with Crippen LogP contribution >= 0.6 is 35.6 Å². The summed E-state index contributed by atoms with van der Waals surface area (Å²) in [5, 5.41) is 6.07. The summed E-state index contributed by atoms with van der Waals surface area (Å²) in [5.41, 5.74) is 0.899. The van der Waals surface area contributed by atoms with Crippen LogP contribution in [0.2, 0.25) is 5.02 Å². The highest BCUT2D eigenvalue weighted by Crippen LogP contribution is 2.27. The maximum absolute atomic E-state index is 5.98. The Bertz CT molecular complexity index is 531. The zero-order chi connectivity index (χ0) is 14.7. The molecule has 2 rings (SSSR count). The van der Waals surface area contributed by atoms with Crippen molar-refractivity contribution in [3.63, 3.8) is 0 Å². The van der Waals surface area contributed by atoms with Gasteiger partial charge in [-0.1, -0.05) is 36.4 Å². The van der Waals surface area contributed by atoms with Crippen molar-refractivity contribution in [3.05, 3.63) is 29.3 Å². The molecule has 20 heavy (non-hydrogen) atoms. The highest BCUT2D eigenvalue weighted by atomic mass is 35.5. The van der Waals surface area contributed by atoms with Crippen LogP contribution in [0.15, 0.2) is 29.3 Å². The second kappa shape index (κ2) is 6.78. The third-order valence-electron chi connectivity index (χ3n) is 2.67. The lowest BCUT2D eigenvalue weighted by atomic mass is 10.3. The monoisotopic (exact) mass is 327 g/mol. The van der Waals surface area contributed by atoms with Crippen LogP contribution in [-0.2, 0) is 0 Å². The summed E-state index contributed by atoms with van der Waals surface area (Å²) in [5.74, 6) is 0. The van der Waals surface area contributed by atoms with Gasteiger partial charge in [0.25, 0.3) is 0 Å². The number of anilines is 1. The summed E-state index contributed by atoms with van der Waals surface area (Å²) in [7, 11) is 0. The lowest BCUT2D eigenvalue weighted by Crippen LogP contribution is -2.36. The minimum atomic E-state index is 0.263. The van der Waals surface area contributed by atoms with Gasteiger partial charge in [-0.05, 0) is 44.3 Å². The van der Waals surface area contributed by atoms with Crippen molar-refractivity contribution in [2.45, 2.75) is 32.1 Å². The van der Waals surface area contributed by atoms with Crippen LogP contribution in [0, 0.1) is 0 Å². The summed E-state index contributed by atoms with van der Waals surface area (Å²) >= 11 is 13.2. The second-order valence-electron chi connectivity index (χ2n) is 4.98. The van der Waals surface area contributed by atoms with E-state index >= 15 is 0 Å². The number of halogens is 1. The molecular weight excluding hydrogens is 310 g/mol. The van der Waals surface area contributed by atoms with Crippen LogP contribution in [0.4, 0.5) is 5.69 Å². The van der Waals surface area contributed by atoms with E-state index in [1.54, 1.807) is 11.8 Å². The summed E-state index contributed by atoms with van der Waals surface area (Å²) in [6.45, 7) is 7.20. The lowest BCUT2D eigenvalue weighted by molar-refractivity contribution is 0.633. The van der Waals surface area contributed by atoms with Crippen molar-refractivity contribution in [2.75, 3.05) is 11.9 Å². The van der Waals surface area contributed by atoms with Gasteiger partial charge in [0.15, 0.2) is 10.3 Å². The number of nitrogens with one attached hydrogen (secondary N) is 1. The molecule has 1 aliphatic rings. The number of thiocarbonyl (C=S) groups is 1. The molecule has 1 N–H and O–H groups in total. The molecule has 0 spiro atoms. The standard InChI is InChI=1S/C14H18ClN3S2/c1-9(2)16-14-18(8-10(3)20-14)13(19)17-12-6-4-5-11(15)7-12/h4-7,9-10H,8H2,1-3H3,(H,17,19)/b16-14+. The van der Waals surface area contributed by atoms with E-state index in [4.69, 9.17) is 23.8 Å². The molecule has 1 aromatic rings. The van der Waals surface area contributed by atoms with Crippen LogP contribution < -0.4 is 5.32 Å². The van der Waals surface area contributed by atoms with Crippen molar-refractivity contribution in [1.29, 1.82) is 0 Å². The molecule has 0 aliphatic carbocycles. The molecule has 1 aliphatic heterocycles. The molecular formula is C14H18ClN3S2. The molecule has 0 aromatic heterocycles. The molecule has 1 aromatic carbocycles. The van der Waals surface area contributed by atoms with Crippen LogP contribution in [0.5, 0.6) is 0 Å². The van der Waals surface area contributed by atoms with E-state index in [9.17, 15) is 0 Å². The van der Waals surface area contributed by atoms with E-state index in [2.05, 4.69) is 36.0 Å². The van der Waals surface area contributed by atoms with E-state index in [1.165, 1.54) is 0 Å². The van der Waals surface area contributed by atoms with Crippen LogP contribution in [0.3, 0.4) is 0 Å². The van der Waals surface area contributed by atoms with E-state index < -0.39 is 0 Å². The fourth-order valence-corrected chi connectivity index (χ4v) is 3.54. The van der Waals surface area contributed by atoms with Gasteiger partial charge in [0.05, 0.1) is 0 Å². The van der Waals surface area contributed by atoms with E-state index in [0.29, 0.717) is 15.4 Å². The summed E-state index contributed by atoms with van der Waals surface area (Å²) in [6, 6.07) is 7.82. The lowest BCUT2D eigenvalue weighted by Gasteiger charge is -2.20. The van der Waals surface area contributed by atoms with Crippen molar-refractivity contribution >= 4 is 51.5 Å². The van der Waals surface area contributed by atoms with Gasteiger partial charge in [-0.3, -0.25) is 9.89 Å². The van der Waals surface area contributed by atoms with Crippen molar-refractivity contribution < 1.29 is 0 Å². The molecule has 1 saturated heterocycles. The number of aliphatic imine (C=N–C) groups is 1. The summed E-state index contributed by atoms with van der Waals surface area (Å²) in [6.07, 6.45) is 0. The van der Waals surface area contributed by atoms with Crippen molar-refractivity contribution in [1.82, 2.24) is 4.90 Å². The maximum Gasteiger partial charge on any atom is 0.179 e. The first-order valence-corrected chi connectivity index (χ1v) is 8.21. The third-order valence-corrected chi connectivity index (χ3v) is 4.31. The minimum Gasteiger partial charge on any atom is -0.332 e. The Labute approximate surface area is 134 Å². The Balaban J connectivity index is 2.11. The van der Waals surface area contributed by atoms with E-state index in [1.807, 2.05) is 24.3 Å². The van der Waals surface area contributed by atoms with Gasteiger partial charge < -0.3 is 5.32 Å². The fraction of sp³-hybridized carbons (Fsp3) is 0.429. The number of hydrogen-bond acceptors (Lipinski definition) is 3. The number of nitrogens with zero attached hydrogens (tertiary/aromatic N) is 2. The van der Waals surface area contributed by atoms with Crippen LogP contribution in [-0.4, -0.2) is 33.0 Å². The Kier molecular flexibility index (Phi) is 5.29. The smallest absolute Gasteiger partial charge is 0.179 e. The van der Waals surface area contributed by atoms with Gasteiger partial charge in [-0.15, -0.1) is 0 Å². The molecule has 1 fully saturated rings. The average Bonchev–Trinajstić information content (AvgIpc) is 2.69. The SMILES string of the molecule is CC(C)/N=C1/SC(C)CN1C(=S)Nc1cccc(Cl)c1. The molecule has 108 valence electrons. The second-order valence-corrected chi connectivity index (χ2v) is 7.21. The molecule has 0 saturated carbocycles. The minimum absolute atomic E-state index is 0.263. The van der Waals surface area contributed by atoms with Gasteiger partial charge in [0, 0.05) is 28.5 Å². The maximum atomic E-state index is 5.98. The molecule has 0 bridgehead atoms. The normalized spacial score (nSPS) is 20.8. The molecule has 0 amide bonds. The van der Waals surface area contributed by atoms with Gasteiger partial charge in [-0.2, -0.15) is 0 Å². The van der Waals surface area contributed by atoms with Gasteiger partial charge in [0.1, 0.15) is 0 Å². The predicted octanol–water partition coefficient (Wildman–Crippen LogP) is 4.24. The average molecular weight is 328 g/mol. The highest BCUT2D eigenvalue weighted by molar-refractivity contribution is 8.14. The molecule has 1 unspecified atom stereocenters. The molecule has 3 nitrogen and oxygen atoms in total. The van der Waals surface area contributed by atoms with Gasteiger partial charge in [-0.25, -0.2) is 0 Å². The summed E-state index contributed by atoms with van der Waals surface area (Å²) in [4.78, 5) is 6.70. The summed E-state index contributed by atoms with van der Waals surface area (Å²) < 4.78 is 0. The van der Waals surface area contributed by atoms with Gasteiger partial charge in [0.2, 0.25) is 0 Å². The van der Waals surface area contributed by atoms with Crippen LogP contribution in [0.1, 0.15) is 20.8 Å². The number of hydrogen-bond donors (Lipinski definition) is 1. The Morgan fingerprint density at radius 2 is 2.30 bits per heavy atom. The number of rotatable bonds is 2.